The largest absolute Gasteiger partial charge is 0.391 e. The van der Waals surface area contributed by atoms with Gasteiger partial charge in [-0.3, -0.25) is 4.68 Å². The zero-order valence-corrected chi connectivity index (χ0v) is 13.9. The lowest BCUT2D eigenvalue weighted by Gasteiger charge is -2.22. The molecule has 0 radical (unpaired) electrons. The summed E-state index contributed by atoms with van der Waals surface area (Å²) in [6.07, 6.45) is 6.35. The van der Waals surface area contributed by atoms with E-state index < -0.39 is 0 Å². The van der Waals surface area contributed by atoms with Crippen LogP contribution in [0.15, 0.2) is 36.7 Å². The molecule has 1 aliphatic heterocycles. The first kappa shape index (κ1) is 15.8. The minimum Gasteiger partial charge on any atom is -0.391 e. The van der Waals surface area contributed by atoms with E-state index >= 15 is 0 Å². The third kappa shape index (κ3) is 3.38. The second-order valence-corrected chi connectivity index (χ2v) is 6.98. The topological polar surface area (TPSA) is 59.3 Å². The van der Waals surface area contributed by atoms with E-state index in [1.165, 1.54) is 16.7 Å². The summed E-state index contributed by atoms with van der Waals surface area (Å²) >= 11 is 0. The summed E-state index contributed by atoms with van der Waals surface area (Å²) in [5.41, 5.74) is 4.04. The summed E-state index contributed by atoms with van der Waals surface area (Å²) in [5, 5.41) is 18.2. The molecule has 2 heterocycles. The number of nitrogens with zero attached hydrogens (tertiary/aromatic N) is 2. The molecule has 1 aromatic carbocycles. The van der Waals surface area contributed by atoms with Gasteiger partial charge in [-0.2, -0.15) is 5.10 Å². The van der Waals surface area contributed by atoms with Crippen LogP contribution in [0.4, 0.5) is 0 Å². The third-order valence-electron chi connectivity index (χ3n) is 5.32. The van der Waals surface area contributed by atoms with Crippen LogP contribution in [-0.4, -0.2) is 33.6 Å². The highest BCUT2D eigenvalue weighted by Gasteiger charge is 2.33. The average molecular weight is 327 g/mol. The van der Waals surface area contributed by atoms with E-state index in [9.17, 15) is 5.11 Å². The average Bonchev–Trinajstić information content (AvgIpc) is 3.23. The molecule has 128 valence electrons. The van der Waals surface area contributed by atoms with Crippen molar-refractivity contribution < 1.29 is 9.84 Å². The molecule has 0 spiro atoms. The zero-order chi connectivity index (χ0) is 16.4. The van der Waals surface area contributed by atoms with Crippen LogP contribution in [0.25, 0.3) is 0 Å². The smallest absolute Gasteiger partial charge is 0.0722 e. The lowest BCUT2D eigenvalue weighted by atomic mass is 9.97. The molecule has 2 N–H and O–H groups in total. The Hall–Kier alpha value is -1.69. The molecular weight excluding hydrogens is 302 g/mol. The van der Waals surface area contributed by atoms with Gasteiger partial charge in [0.2, 0.25) is 0 Å². The van der Waals surface area contributed by atoms with Crippen molar-refractivity contribution in [3.63, 3.8) is 0 Å². The number of ether oxygens (including phenoxy) is 1. The fourth-order valence-corrected chi connectivity index (χ4v) is 4.03. The lowest BCUT2D eigenvalue weighted by molar-refractivity contribution is 0.109. The number of rotatable bonds is 5. The first-order valence-electron chi connectivity index (χ1n) is 8.86. The Balaban J connectivity index is 1.36. The van der Waals surface area contributed by atoms with Gasteiger partial charge in [-0.05, 0) is 47.9 Å². The molecular formula is C19H25N3O2. The van der Waals surface area contributed by atoms with Crippen molar-refractivity contribution in [2.45, 2.75) is 51.1 Å². The number of aliphatic hydroxyl groups is 1. The maximum atomic E-state index is 10.4. The molecule has 2 aliphatic rings. The van der Waals surface area contributed by atoms with E-state index in [1.54, 1.807) is 0 Å². The van der Waals surface area contributed by atoms with Crippen LogP contribution in [0.3, 0.4) is 0 Å². The molecule has 1 aliphatic carbocycles. The molecule has 24 heavy (non-hydrogen) atoms. The van der Waals surface area contributed by atoms with Crippen LogP contribution in [0, 0.1) is 5.92 Å². The Morgan fingerprint density at radius 2 is 2.25 bits per heavy atom. The standard InChI is InChI=1S/C19H25N3O2/c23-19-10-14(12-22-7-2-6-21-22)9-18(19)20-11-16-4-1-3-15-5-8-24-13-17(15)16/h1-4,6-7,14,18-20,23H,5,8-13H2/t14?,18-,19-/m1/s1. The molecule has 5 nitrogen and oxygen atoms in total. The number of benzene rings is 1. The molecule has 0 saturated heterocycles. The Bertz CT molecular complexity index is 671. The maximum absolute atomic E-state index is 10.4. The Morgan fingerprint density at radius 3 is 3.12 bits per heavy atom. The molecule has 0 amide bonds. The van der Waals surface area contributed by atoms with Gasteiger partial charge in [-0.25, -0.2) is 0 Å². The first-order valence-corrected chi connectivity index (χ1v) is 8.86. The van der Waals surface area contributed by atoms with Gasteiger partial charge in [0.1, 0.15) is 0 Å². The fourth-order valence-electron chi connectivity index (χ4n) is 4.03. The van der Waals surface area contributed by atoms with Gasteiger partial charge in [0, 0.05) is 31.5 Å². The van der Waals surface area contributed by atoms with Crippen molar-refractivity contribution in [2.24, 2.45) is 5.92 Å². The summed E-state index contributed by atoms with van der Waals surface area (Å²) in [4.78, 5) is 0. The summed E-state index contributed by atoms with van der Waals surface area (Å²) in [7, 11) is 0. The predicted octanol–water partition coefficient (Wildman–Crippen LogP) is 1.89. The van der Waals surface area contributed by atoms with Gasteiger partial charge < -0.3 is 15.2 Å². The third-order valence-corrected chi connectivity index (χ3v) is 5.32. The van der Waals surface area contributed by atoms with Crippen molar-refractivity contribution in [2.75, 3.05) is 6.61 Å². The van der Waals surface area contributed by atoms with Crippen molar-refractivity contribution in [3.8, 4) is 0 Å². The van der Waals surface area contributed by atoms with Crippen molar-refractivity contribution in [1.29, 1.82) is 0 Å². The Kier molecular flexibility index (Phi) is 4.65. The quantitative estimate of drug-likeness (QED) is 0.880. The molecule has 1 aromatic heterocycles. The van der Waals surface area contributed by atoms with Crippen LogP contribution < -0.4 is 5.32 Å². The molecule has 0 bridgehead atoms. The number of aromatic nitrogens is 2. The van der Waals surface area contributed by atoms with Gasteiger partial charge in [0.25, 0.3) is 0 Å². The summed E-state index contributed by atoms with van der Waals surface area (Å²) < 4.78 is 7.58. The van der Waals surface area contributed by atoms with Gasteiger partial charge in [0.05, 0.1) is 19.3 Å². The summed E-state index contributed by atoms with van der Waals surface area (Å²) in [6.45, 7) is 3.21. The molecule has 5 heteroatoms. The van der Waals surface area contributed by atoms with Crippen LogP contribution in [-0.2, 0) is 30.9 Å². The number of aliphatic hydroxyl groups excluding tert-OH is 1. The molecule has 3 atom stereocenters. The highest BCUT2D eigenvalue weighted by atomic mass is 16.5. The number of fused-ring (bicyclic) bond motifs is 1. The van der Waals surface area contributed by atoms with Gasteiger partial charge in [-0.15, -0.1) is 0 Å². The first-order chi connectivity index (χ1) is 11.8. The second-order valence-electron chi connectivity index (χ2n) is 6.98. The van der Waals surface area contributed by atoms with Crippen molar-refractivity contribution in [1.82, 2.24) is 15.1 Å². The van der Waals surface area contributed by atoms with Crippen LogP contribution in [0.1, 0.15) is 29.5 Å². The molecule has 1 saturated carbocycles. The van der Waals surface area contributed by atoms with E-state index in [-0.39, 0.29) is 12.1 Å². The molecule has 4 rings (SSSR count). The molecule has 2 aromatic rings. The SMILES string of the molecule is O[C@@H]1CC(Cn2cccn2)C[C@H]1NCc1cccc2c1COCC2. The van der Waals surface area contributed by atoms with E-state index in [0.717, 1.165) is 39.0 Å². The molecule has 1 unspecified atom stereocenters. The number of hydrogen-bond acceptors (Lipinski definition) is 4. The number of nitrogens with one attached hydrogen (secondary N) is 1. The van der Waals surface area contributed by atoms with E-state index in [4.69, 9.17) is 4.74 Å². The van der Waals surface area contributed by atoms with Crippen molar-refractivity contribution >= 4 is 0 Å². The van der Waals surface area contributed by atoms with Gasteiger partial charge in [0.15, 0.2) is 0 Å². The Labute approximate surface area is 142 Å². The highest BCUT2D eigenvalue weighted by Crippen LogP contribution is 2.28. The Morgan fingerprint density at radius 1 is 1.29 bits per heavy atom. The minimum atomic E-state index is -0.277. The van der Waals surface area contributed by atoms with E-state index in [2.05, 4.69) is 28.6 Å². The summed E-state index contributed by atoms with van der Waals surface area (Å²) in [5.74, 6) is 0.477. The van der Waals surface area contributed by atoms with E-state index in [0.29, 0.717) is 12.5 Å². The highest BCUT2D eigenvalue weighted by molar-refractivity contribution is 5.36. The van der Waals surface area contributed by atoms with Crippen LogP contribution in [0.5, 0.6) is 0 Å². The second kappa shape index (κ2) is 7.05. The van der Waals surface area contributed by atoms with Crippen LogP contribution >= 0.6 is 0 Å². The fraction of sp³-hybridized carbons (Fsp3) is 0.526. The van der Waals surface area contributed by atoms with Crippen LogP contribution in [0.2, 0.25) is 0 Å². The van der Waals surface area contributed by atoms with Gasteiger partial charge in [-0.1, -0.05) is 18.2 Å². The van der Waals surface area contributed by atoms with Gasteiger partial charge >= 0.3 is 0 Å². The zero-order valence-electron chi connectivity index (χ0n) is 13.9. The molecule has 1 fully saturated rings. The monoisotopic (exact) mass is 327 g/mol. The maximum Gasteiger partial charge on any atom is 0.0722 e. The number of hydrogen-bond donors (Lipinski definition) is 2. The lowest BCUT2D eigenvalue weighted by Crippen LogP contribution is -2.35. The normalized spacial score (nSPS) is 26.5. The predicted molar refractivity (Wildman–Crippen MR) is 91.4 cm³/mol. The minimum absolute atomic E-state index is 0.158. The van der Waals surface area contributed by atoms with E-state index in [1.807, 2.05) is 23.1 Å². The summed E-state index contributed by atoms with van der Waals surface area (Å²) in [6, 6.07) is 8.61. The van der Waals surface area contributed by atoms with Crippen molar-refractivity contribution in [3.05, 3.63) is 53.3 Å².